The highest BCUT2D eigenvalue weighted by atomic mass is 35.5. The topological polar surface area (TPSA) is 55.1 Å². The molecule has 3 N–H and O–H groups in total. The van der Waals surface area contributed by atoms with Crippen LogP contribution in [0.2, 0.25) is 0 Å². The smallest absolute Gasteiger partial charge is 0.224 e. The molecule has 4 heteroatoms. The van der Waals surface area contributed by atoms with Gasteiger partial charge in [-0.05, 0) is 18.5 Å². The molecule has 84 valence electrons. The van der Waals surface area contributed by atoms with Crippen molar-refractivity contribution in [3.05, 3.63) is 35.9 Å². The van der Waals surface area contributed by atoms with E-state index in [9.17, 15) is 4.79 Å². The summed E-state index contributed by atoms with van der Waals surface area (Å²) in [6, 6.07) is 9.70. The van der Waals surface area contributed by atoms with Crippen molar-refractivity contribution in [3.63, 3.8) is 0 Å². The molecule has 0 aromatic heterocycles. The third kappa shape index (κ3) is 6.10. The molecule has 1 rings (SSSR count). The number of rotatable bonds is 5. The molecule has 0 aliphatic heterocycles. The van der Waals surface area contributed by atoms with Gasteiger partial charge in [-0.25, -0.2) is 0 Å². The molecular formula is C11H17ClN2O. The Hall–Kier alpha value is -1.06. The van der Waals surface area contributed by atoms with Crippen molar-refractivity contribution in [1.29, 1.82) is 0 Å². The van der Waals surface area contributed by atoms with Crippen LogP contribution < -0.4 is 11.1 Å². The van der Waals surface area contributed by atoms with Crippen LogP contribution in [0, 0.1) is 0 Å². The van der Waals surface area contributed by atoms with Gasteiger partial charge in [0.25, 0.3) is 0 Å². The van der Waals surface area contributed by atoms with Gasteiger partial charge < -0.3 is 11.1 Å². The molecule has 1 aromatic rings. The Labute approximate surface area is 96.5 Å². The molecular weight excluding hydrogens is 212 g/mol. The zero-order valence-corrected chi connectivity index (χ0v) is 9.43. The van der Waals surface area contributed by atoms with Gasteiger partial charge in [0.1, 0.15) is 0 Å². The summed E-state index contributed by atoms with van der Waals surface area (Å²) in [5, 5.41) is 2.81. The zero-order valence-electron chi connectivity index (χ0n) is 8.61. The lowest BCUT2D eigenvalue weighted by Crippen LogP contribution is -2.27. The van der Waals surface area contributed by atoms with Gasteiger partial charge in [0.2, 0.25) is 5.91 Å². The lowest BCUT2D eigenvalue weighted by molar-refractivity contribution is -0.120. The van der Waals surface area contributed by atoms with Crippen molar-refractivity contribution < 1.29 is 4.79 Å². The quantitative estimate of drug-likeness (QED) is 0.742. The molecule has 0 aliphatic rings. The van der Waals surface area contributed by atoms with Crippen LogP contribution in [0.25, 0.3) is 0 Å². The number of hydrogen-bond acceptors (Lipinski definition) is 2. The van der Waals surface area contributed by atoms with E-state index in [4.69, 9.17) is 5.73 Å². The maximum Gasteiger partial charge on any atom is 0.224 e. The minimum absolute atomic E-state index is 0. The average molecular weight is 229 g/mol. The predicted octanol–water partition coefficient (Wildman–Crippen LogP) is 1.12. The second-order valence-corrected chi connectivity index (χ2v) is 3.15. The Morgan fingerprint density at radius 1 is 1.27 bits per heavy atom. The molecule has 0 unspecified atom stereocenters. The first-order chi connectivity index (χ1) is 6.83. The Morgan fingerprint density at radius 3 is 2.53 bits per heavy atom. The minimum Gasteiger partial charge on any atom is -0.356 e. The fourth-order valence-electron chi connectivity index (χ4n) is 1.17. The Morgan fingerprint density at radius 2 is 1.93 bits per heavy atom. The van der Waals surface area contributed by atoms with E-state index in [-0.39, 0.29) is 18.3 Å². The van der Waals surface area contributed by atoms with E-state index >= 15 is 0 Å². The van der Waals surface area contributed by atoms with Crippen molar-refractivity contribution >= 4 is 18.3 Å². The summed E-state index contributed by atoms with van der Waals surface area (Å²) in [5.74, 6) is 0.0599. The molecule has 0 heterocycles. The van der Waals surface area contributed by atoms with E-state index in [0.29, 0.717) is 19.5 Å². The molecule has 0 bridgehead atoms. The van der Waals surface area contributed by atoms with Gasteiger partial charge in [0.05, 0.1) is 6.42 Å². The van der Waals surface area contributed by atoms with Gasteiger partial charge in [0.15, 0.2) is 0 Å². The van der Waals surface area contributed by atoms with Crippen molar-refractivity contribution in [2.24, 2.45) is 5.73 Å². The summed E-state index contributed by atoms with van der Waals surface area (Å²) in [7, 11) is 0. The first-order valence-electron chi connectivity index (χ1n) is 4.83. The Kier molecular flexibility index (Phi) is 7.68. The number of carbonyl (C=O) groups is 1. The third-order valence-corrected chi connectivity index (χ3v) is 1.91. The number of benzene rings is 1. The normalized spacial score (nSPS) is 9.13. The van der Waals surface area contributed by atoms with Crippen LogP contribution >= 0.6 is 12.4 Å². The van der Waals surface area contributed by atoms with Crippen LogP contribution in [0.15, 0.2) is 30.3 Å². The highest BCUT2D eigenvalue weighted by Crippen LogP contribution is 1.98. The maximum atomic E-state index is 11.3. The van der Waals surface area contributed by atoms with E-state index in [0.717, 1.165) is 12.0 Å². The molecule has 0 fully saturated rings. The number of nitrogens with two attached hydrogens (primary N) is 1. The molecule has 0 radical (unpaired) electrons. The van der Waals surface area contributed by atoms with Gasteiger partial charge in [-0.1, -0.05) is 30.3 Å². The SMILES string of the molecule is Cl.NCCCNC(=O)Cc1ccccc1. The summed E-state index contributed by atoms with van der Waals surface area (Å²) < 4.78 is 0. The van der Waals surface area contributed by atoms with Gasteiger partial charge in [-0.15, -0.1) is 12.4 Å². The maximum absolute atomic E-state index is 11.3. The number of nitrogens with one attached hydrogen (secondary N) is 1. The van der Waals surface area contributed by atoms with Crippen molar-refractivity contribution in [1.82, 2.24) is 5.32 Å². The summed E-state index contributed by atoms with van der Waals surface area (Å²) in [4.78, 5) is 11.3. The van der Waals surface area contributed by atoms with Gasteiger partial charge in [-0.3, -0.25) is 4.79 Å². The predicted molar refractivity (Wildman–Crippen MR) is 64.1 cm³/mol. The van der Waals surface area contributed by atoms with Crippen LogP contribution in [-0.4, -0.2) is 19.0 Å². The summed E-state index contributed by atoms with van der Waals surface area (Å²) in [6.45, 7) is 1.29. The van der Waals surface area contributed by atoms with E-state index in [1.54, 1.807) is 0 Å². The van der Waals surface area contributed by atoms with E-state index in [2.05, 4.69) is 5.32 Å². The largest absolute Gasteiger partial charge is 0.356 e. The van der Waals surface area contributed by atoms with Crippen molar-refractivity contribution in [2.75, 3.05) is 13.1 Å². The first kappa shape index (κ1) is 13.9. The van der Waals surface area contributed by atoms with Gasteiger partial charge in [0, 0.05) is 6.54 Å². The molecule has 3 nitrogen and oxygen atoms in total. The summed E-state index contributed by atoms with van der Waals surface area (Å²) in [5.41, 5.74) is 6.36. The molecule has 1 aromatic carbocycles. The van der Waals surface area contributed by atoms with E-state index in [1.165, 1.54) is 0 Å². The minimum atomic E-state index is 0. The van der Waals surface area contributed by atoms with Crippen molar-refractivity contribution in [2.45, 2.75) is 12.8 Å². The number of hydrogen-bond donors (Lipinski definition) is 2. The molecule has 0 spiro atoms. The first-order valence-corrected chi connectivity index (χ1v) is 4.83. The number of amides is 1. The zero-order chi connectivity index (χ0) is 10.2. The summed E-state index contributed by atoms with van der Waals surface area (Å²) in [6.07, 6.45) is 1.28. The molecule has 0 aliphatic carbocycles. The van der Waals surface area contributed by atoms with Crippen LogP contribution in [0.4, 0.5) is 0 Å². The Balaban J connectivity index is 0.00000196. The number of halogens is 1. The van der Waals surface area contributed by atoms with Crippen LogP contribution in [0.1, 0.15) is 12.0 Å². The molecule has 15 heavy (non-hydrogen) atoms. The summed E-state index contributed by atoms with van der Waals surface area (Å²) >= 11 is 0. The second kappa shape index (κ2) is 8.26. The van der Waals surface area contributed by atoms with Crippen LogP contribution in [-0.2, 0) is 11.2 Å². The molecule has 0 saturated heterocycles. The molecule has 1 amide bonds. The van der Waals surface area contributed by atoms with E-state index in [1.807, 2.05) is 30.3 Å². The van der Waals surface area contributed by atoms with E-state index < -0.39 is 0 Å². The van der Waals surface area contributed by atoms with Crippen LogP contribution in [0.3, 0.4) is 0 Å². The standard InChI is InChI=1S/C11H16N2O.ClH/c12-7-4-8-13-11(14)9-10-5-2-1-3-6-10;/h1-3,5-6H,4,7-9,12H2,(H,13,14);1H. The third-order valence-electron chi connectivity index (χ3n) is 1.91. The monoisotopic (exact) mass is 228 g/mol. The lowest BCUT2D eigenvalue weighted by Gasteiger charge is -2.03. The highest BCUT2D eigenvalue weighted by molar-refractivity contribution is 5.85. The molecule has 0 saturated carbocycles. The van der Waals surface area contributed by atoms with Gasteiger partial charge in [-0.2, -0.15) is 0 Å². The second-order valence-electron chi connectivity index (χ2n) is 3.15. The van der Waals surface area contributed by atoms with Crippen LogP contribution in [0.5, 0.6) is 0 Å². The highest BCUT2D eigenvalue weighted by Gasteiger charge is 2.00. The molecule has 0 atom stereocenters. The average Bonchev–Trinajstić information content (AvgIpc) is 2.20. The Bertz CT molecular complexity index is 277. The lowest BCUT2D eigenvalue weighted by atomic mass is 10.1. The van der Waals surface area contributed by atoms with Gasteiger partial charge >= 0.3 is 0 Å². The fraction of sp³-hybridized carbons (Fsp3) is 0.364. The van der Waals surface area contributed by atoms with Crippen molar-refractivity contribution in [3.8, 4) is 0 Å². The fourth-order valence-corrected chi connectivity index (χ4v) is 1.17. The number of carbonyl (C=O) groups excluding carboxylic acids is 1.